The molecular formula is C10H8FIN2O. The van der Waals surface area contributed by atoms with Crippen molar-refractivity contribution in [3.8, 4) is 11.5 Å². The lowest BCUT2D eigenvalue weighted by Gasteiger charge is -1.96. The third kappa shape index (κ3) is 2.17. The Bertz CT molecular complexity index is 484. The topological polar surface area (TPSA) is 38.9 Å². The minimum absolute atomic E-state index is 0.237. The normalized spacial score (nSPS) is 10.6. The lowest BCUT2D eigenvalue weighted by Crippen LogP contribution is -1.86. The maximum Gasteiger partial charge on any atom is 0.260 e. The molecule has 0 saturated heterocycles. The molecule has 2 rings (SSSR count). The molecule has 1 heterocycles. The molecule has 0 aliphatic rings. The van der Waals surface area contributed by atoms with Crippen LogP contribution in [0.25, 0.3) is 11.5 Å². The van der Waals surface area contributed by atoms with Crippen molar-refractivity contribution in [2.75, 3.05) is 0 Å². The van der Waals surface area contributed by atoms with Crippen LogP contribution in [0.2, 0.25) is 0 Å². The molecule has 0 atom stereocenters. The fourth-order valence-corrected chi connectivity index (χ4v) is 1.62. The molecule has 0 unspecified atom stereocenters. The summed E-state index contributed by atoms with van der Waals surface area (Å²) in [7, 11) is 0. The van der Waals surface area contributed by atoms with Gasteiger partial charge >= 0.3 is 0 Å². The first-order valence-electron chi connectivity index (χ1n) is 4.48. The number of benzene rings is 1. The van der Waals surface area contributed by atoms with Gasteiger partial charge in [0.1, 0.15) is 5.82 Å². The molecule has 15 heavy (non-hydrogen) atoms. The van der Waals surface area contributed by atoms with Crippen LogP contribution in [0.4, 0.5) is 4.39 Å². The van der Waals surface area contributed by atoms with Gasteiger partial charge in [-0.25, -0.2) is 4.39 Å². The van der Waals surface area contributed by atoms with Crippen LogP contribution in [-0.4, -0.2) is 10.1 Å². The van der Waals surface area contributed by atoms with E-state index in [2.05, 4.69) is 10.1 Å². The third-order valence-electron chi connectivity index (χ3n) is 1.95. The van der Waals surface area contributed by atoms with E-state index >= 15 is 0 Å². The number of halogens is 2. The highest BCUT2D eigenvalue weighted by Gasteiger charge is 2.12. The van der Waals surface area contributed by atoms with Gasteiger partial charge in [-0.05, 0) is 40.8 Å². The molecule has 0 radical (unpaired) electrons. The molecule has 0 fully saturated rings. The maximum absolute atomic E-state index is 13.5. The molecular weight excluding hydrogens is 310 g/mol. The van der Waals surface area contributed by atoms with Crippen molar-refractivity contribution < 1.29 is 8.91 Å². The van der Waals surface area contributed by atoms with Gasteiger partial charge in [0.15, 0.2) is 5.82 Å². The number of hydrogen-bond donors (Lipinski definition) is 0. The lowest BCUT2D eigenvalue weighted by molar-refractivity contribution is 0.421. The Hall–Kier alpha value is -0.980. The van der Waals surface area contributed by atoms with E-state index < -0.39 is 0 Å². The zero-order valence-corrected chi connectivity index (χ0v) is 10.2. The molecule has 78 valence electrons. The molecule has 0 aliphatic heterocycles. The molecule has 5 heteroatoms. The van der Waals surface area contributed by atoms with E-state index in [-0.39, 0.29) is 11.7 Å². The van der Waals surface area contributed by atoms with Crippen LogP contribution in [0.5, 0.6) is 0 Å². The van der Waals surface area contributed by atoms with Gasteiger partial charge in [-0.1, -0.05) is 12.1 Å². The van der Waals surface area contributed by atoms with E-state index in [1.807, 2.05) is 29.5 Å². The number of aromatic nitrogens is 2. The summed E-state index contributed by atoms with van der Waals surface area (Å²) in [5.41, 5.74) is 0.350. The highest BCUT2D eigenvalue weighted by Crippen LogP contribution is 2.22. The number of rotatable bonds is 2. The van der Waals surface area contributed by atoms with Gasteiger partial charge in [-0.2, -0.15) is 4.98 Å². The van der Waals surface area contributed by atoms with Crippen LogP contribution in [0.1, 0.15) is 12.7 Å². The largest absolute Gasteiger partial charge is 0.334 e. The summed E-state index contributed by atoms with van der Waals surface area (Å²) in [6.07, 6.45) is 0.676. The van der Waals surface area contributed by atoms with Gasteiger partial charge < -0.3 is 4.52 Å². The first-order chi connectivity index (χ1) is 7.20. The second-order valence-electron chi connectivity index (χ2n) is 2.99. The van der Waals surface area contributed by atoms with Crippen LogP contribution in [-0.2, 0) is 6.42 Å². The Morgan fingerprint density at radius 2 is 2.27 bits per heavy atom. The summed E-state index contributed by atoms with van der Waals surface area (Å²) >= 11 is 2.05. The summed E-state index contributed by atoms with van der Waals surface area (Å²) in [5.74, 6) is 0.483. The van der Waals surface area contributed by atoms with E-state index in [0.29, 0.717) is 17.8 Å². The van der Waals surface area contributed by atoms with Crippen LogP contribution < -0.4 is 0 Å². The van der Waals surface area contributed by atoms with Gasteiger partial charge in [0, 0.05) is 9.99 Å². The number of aryl methyl sites for hydroxylation is 1. The Balaban J connectivity index is 2.44. The lowest BCUT2D eigenvalue weighted by atomic mass is 10.2. The van der Waals surface area contributed by atoms with Crippen molar-refractivity contribution in [3.63, 3.8) is 0 Å². The van der Waals surface area contributed by atoms with Gasteiger partial charge in [0.05, 0.1) is 5.56 Å². The highest BCUT2D eigenvalue weighted by molar-refractivity contribution is 14.1. The summed E-state index contributed by atoms with van der Waals surface area (Å²) in [6, 6.07) is 4.88. The first-order valence-corrected chi connectivity index (χ1v) is 5.56. The van der Waals surface area contributed by atoms with Crippen molar-refractivity contribution in [2.24, 2.45) is 0 Å². The van der Waals surface area contributed by atoms with E-state index in [1.54, 1.807) is 12.1 Å². The van der Waals surface area contributed by atoms with E-state index in [0.717, 1.165) is 3.57 Å². The van der Waals surface area contributed by atoms with Crippen LogP contribution in [0, 0.1) is 9.39 Å². The van der Waals surface area contributed by atoms with E-state index in [4.69, 9.17) is 4.52 Å². The fourth-order valence-electron chi connectivity index (χ4n) is 1.17. The van der Waals surface area contributed by atoms with E-state index in [9.17, 15) is 4.39 Å². The summed E-state index contributed by atoms with van der Waals surface area (Å²) in [4.78, 5) is 4.07. The van der Waals surface area contributed by atoms with Crippen molar-refractivity contribution >= 4 is 22.6 Å². The fraction of sp³-hybridized carbons (Fsp3) is 0.200. The number of nitrogens with zero attached hydrogens (tertiary/aromatic N) is 2. The zero-order valence-electron chi connectivity index (χ0n) is 8.00. The third-order valence-corrected chi connectivity index (χ3v) is 2.62. The smallest absolute Gasteiger partial charge is 0.260 e. The van der Waals surface area contributed by atoms with Gasteiger partial charge in [0.2, 0.25) is 0 Å². The van der Waals surface area contributed by atoms with Gasteiger partial charge in [-0.15, -0.1) is 0 Å². The molecule has 0 spiro atoms. The first kappa shape index (κ1) is 10.5. The van der Waals surface area contributed by atoms with Crippen LogP contribution in [0.15, 0.2) is 22.7 Å². The maximum atomic E-state index is 13.5. The van der Waals surface area contributed by atoms with Gasteiger partial charge in [-0.3, -0.25) is 0 Å². The predicted octanol–water partition coefficient (Wildman–Crippen LogP) is 3.04. The molecule has 0 aliphatic carbocycles. The quantitative estimate of drug-likeness (QED) is 0.799. The summed E-state index contributed by atoms with van der Waals surface area (Å²) in [5, 5.41) is 3.72. The summed E-state index contributed by atoms with van der Waals surface area (Å²) < 4.78 is 19.3. The minimum Gasteiger partial charge on any atom is -0.334 e. The molecule has 1 aromatic carbocycles. The Morgan fingerprint density at radius 1 is 1.47 bits per heavy atom. The second-order valence-corrected chi connectivity index (χ2v) is 4.24. The van der Waals surface area contributed by atoms with Crippen LogP contribution in [0.3, 0.4) is 0 Å². The van der Waals surface area contributed by atoms with Gasteiger partial charge in [0.25, 0.3) is 5.89 Å². The summed E-state index contributed by atoms with van der Waals surface area (Å²) in [6.45, 7) is 1.92. The standard InChI is InChI=1S/C10H8FIN2O/c1-2-9-13-10(15-14-9)7-4-3-6(12)5-8(7)11/h3-5H,2H2,1H3. The molecule has 0 bridgehead atoms. The Kier molecular flexibility index (Phi) is 2.99. The Morgan fingerprint density at radius 3 is 2.87 bits per heavy atom. The molecule has 0 N–H and O–H groups in total. The average Bonchev–Trinajstić information content (AvgIpc) is 2.66. The highest BCUT2D eigenvalue weighted by atomic mass is 127. The predicted molar refractivity (Wildman–Crippen MR) is 61.8 cm³/mol. The minimum atomic E-state index is -0.340. The SMILES string of the molecule is CCc1noc(-c2ccc(I)cc2F)n1. The van der Waals surface area contributed by atoms with Crippen molar-refractivity contribution in [1.29, 1.82) is 0 Å². The molecule has 0 saturated carbocycles. The van der Waals surface area contributed by atoms with Crippen LogP contribution >= 0.6 is 22.6 Å². The van der Waals surface area contributed by atoms with E-state index in [1.165, 1.54) is 6.07 Å². The molecule has 1 aromatic heterocycles. The second kappa shape index (κ2) is 4.26. The molecule has 3 nitrogen and oxygen atoms in total. The molecule has 2 aromatic rings. The van der Waals surface area contributed by atoms with Crippen molar-refractivity contribution in [3.05, 3.63) is 33.4 Å². The van der Waals surface area contributed by atoms with Crippen molar-refractivity contribution in [1.82, 2.24) is 10.1 Å². The Labute approximate surface area is 99.8 Å². The zero-order chi connectivity index (χ0) is 10.8. The average molecular weight is 318 g/mol. The molecule has 0 amide bonds. The number of hydrogen-bond acceptors (Lipinski definition) is 3. The van der Waals surface area contributed by atoms with Crippen molar-refractivity contribution in [2.45, 2.75) is 13.3 Å². The monoisotopic (exact) mass is 318 g/mol.